The van der Waals surface area contributed by atoms with Crippen molar-refractivity contribution in [1.82, 2.24) is 4.90 Å². The smallest absolute Gasteiger partial charge is 0.223 e. The van der Waals surface area contributed by atoms with E-state index in [1.165, 1.54) is 32.1 Å². The third kappa shape index (κ3) is 4.22. The number of amides is 1. The van der Waals surface area contributed by atoms with Gasteiger partial charge in [0.2, 0.25) is 5.91 Å². The molecular formula is C13H22N2O. The van der Waals surface area contributed by atoms with E-state index in [1.54, 1.807) is 4.90 Å². The summed E-state index contributed by atoms with van der Waals surface area (Å²) >= 11 is 0. The Bertz CT molecular complexity index is 251. The summed E-state index contributed by atoms with van der Waals surface area (Å²) in [6, 6.07) is 2.04. The molecule has 1 fully saturated rings. The lowest BCUT2D eigenvalue weighted by atomic mass is 9.86. The van der Waals surface area contributed by atoms with Crippen LogP contribution in [0.1, 0.15) is 51.9 Å². The van der Waals surface area contributed by atoms with Gasteiger partial charge in [-0.25, -0.2) is 0 Å². The van der Waals surface area contributed by atoms with Gasteiger partial charge in [-0.1, -0.05) is 32.1 Å². The quantitative estimate of drug-likeness (QED) is 0.671. The molecular weight excluding hydrogens is 200 g/mol. The second-order valence-corrected chi connectivity index (χ2v) is 4.61. The molecule has 0 aromatic heterocycles. The normalized spacial score (nSPS) is 16.8. The summed E-state index contributed by atoms with van der Waals surface area (Å²) in [5.74, 6) is 0.896. The molecule has 16 heavy (non-hydrogen) atoms. The summed E-state index contributed by atoms with van der Waals surface area (Å²) in [4.78, 5) is 13.4. The molecule has 1 aliphatic rings. The maximum Gasteiger partial charge on any atom is 0.223 e. The highest BCUT2D eigenvalue weighted by Gasteiger charge is 2.17. The number of hydrogen-bond donors (Lipinski definition) is 0. The maximum absolute atomic E-state index is 11.8. The van der Waals surface area contributed by atoms with Crippen LogP contribution < -0.4 is 0 Å². The Morgan fingerprint density at radius 2 is 2.06 bits per heavy atom. The Kier molecular flexibility index (Phi) is 5.92. The molecule has 1 saturated carbocycles. The van der Waals surface area contributed by atoms with Crippen LogP contribution >= 0.6 is 0 Å². The van der Waals surface area contributed by atoms with Crippen LogP contribution in [0.2, 0.25) is 0 Å². The van der Waals surface area contributed by atoms with E-state index in [2.05, 4.69) is 0 Å². The fourth-order valence-electron chi connectivity index (χ4n) is 2.42. The van der Waals surface area contributed by atoms with Crippen molar-refractivity contribution in [3.05, 3.63) is 0 Å². The molecule has 3 heteroatoms. The number of hydrogen-bond acceptors (Lipinski definition) is 2. The van der Waals surface area contributed by atoms with Crippen molar-refractivity contribution in [3.8, 4) is 6.07 Å². The average molecular weight is 222 g/mol. The summed E-state index contributed by atoms with van der Waals surface area (Å²) < 4.78 is 0. The van der Waals surface area contributed by atoms with Crippen LogP contribution in [0, 0.1) is 17.2 Å². The molecule has 0 aromatic carbocycles. The van der Waals surface area contributed by atoms with E-state index in [1.807, 2.05) is 13.0 Å². The highest BCUT2D eigenvalue weighted by molar-refractivity contribution is 5.76. The maximum atomic E-state index is 11.8. The standard InChI is InChI=1S/C13H22N2O/c1-2-15(11-10-14)13(16)9-8-12-6-4-3-5-7-12/h12H,2-9,11H2,1H3. The molecule has 3 nitrogen and oxygen atoms in total. The Labute approximate surface area is 98.4 Å². The van der Waals surface area contributed by atoms with Crippen LogP contribution in [0.25, 0.3) is 0 Å². The monoisotopic (exact) mass is 222 g/mol. The van der Waals surface area contributed by atoms with E-state index in [0.717, 1.165) is 12.3 Å². The van der Waals surface area contributed by atoms with Gasteiger partial charge in [0.1, 0.15) is 6.54 Å². The van der Waals surface area contributed by atoms with Gasteiger partial charge in [-0.2, -0.15) is 5.26 Å². The summed E-state index contributed by atoms with van der Waals surface area (Å²) in [7, 11) is 0. The van der Waals surface area contributed by atoms with Crippen molar-refractivity contribution in [2.45, 2.75) is 51.9 Å². The molecule has 0 bridgehead atoms. The van der Waals surface area contributed by atoms with E-state index < -0.39 is 0 Å². The van der Waals surface area contributed by atoms with Crippen LogP contribution in [-0.2, 0) is 4.79 Å². The lowest BCUT2D eigenvalue weighted by Gasteiger charge is -2.23. The molecule has 0 atom stereocenters. The zero-order valence-electron chi connectivity index (χ0n) is 10.2. The van der Waals surface area contributed by atoms with E-state index in [9.17, 15) is 4.79 Å². The number of carbonyl (C=O) groups is 1. The highest BCUT2D eigenvalue weighted by atomic mass is 16.2. The summed E-state index contributed by atoms with van der Waals surface area (Å²) in [6.45, 7) is 2.81. The molecule has 0 heterocycles. The predicted octanol–water partition coefficient (Wildman–Crippen LogP) is 2.72. The highest BCUT2D eigenvalue weighted by Crippen LogP contribution is 2.27. The Hall–Kier alpha value is -1.04. The zero-order chi connectivity index (χ0) is 11.8. The van der Waals surface area contributed by atoms with Gasteiger partial charge < -0.3 is 4.90 Å². The van der Waals surface area contributed by atoms with Crippen molar-refractivity contribution in [2.24, 2.45) is 5.92 Å². The van der Waals surface area contributed by atoms with Crippen molar-refractivity contribution < 1.29 is 4.79 Å². The molecule has 90 valence electrons. The van der Waals surface area contributed by atoms with Crippen LogP contribution in [-0.4, -0.2) is 23.9 Å². The first-order chi connectivity index (χ1) is 7.77. The van der Waals surface area contributed by atoms with E-state index in [0.29, 0.717) is 13.0 Å². The molecule has 0 N–H and O–H groups in total. The van der Waals surface area contributed by atoms with E-state index >= 15 is 0 Å². The van der Waals surface area contributed by atoms with Gasteiger partial charge in [0.25, 0.3) is 0 Å². The van der Waals surface area contributed by atoms with Gasteiger partial charge in [-0.05, 0) is 19.3 Å². The van der Waals surface area contributed by atoms with Crippen LogP contribution in [0.5, 0.6) is 0 Å². The number of nitrogens with zero attached hydrogens (tertiary/aromatic N) is 2. The molecule has 0 aliphatic heterocycles. The first-order valence-electron chi connectivity index (χ1n) is 6.42. The van der Waals surface area contributed by atoms with Crippen molar-refractivity contribution in [3.63, 3.8) is 0 Å². The summed E-state index contributed by atoms with van der Waals surface area (Å²) in [5.41, 5.74) is 0. The molecule has 1 rings (SSSR count). The molecule has 0 unspecified atom stereocenters. The largest absolute Gasteiger partial charge is 0.330 e. The second kappa shape index (κ2) is 7.27. The second-order valence-electron chi connectivity index (χ2n) is 4.61. The Balaban J connectivity index is 2.24. The molecule has 0 aromatic rings. The minimum atomic E-state index is 0.148. The Morgan fingerprint density at radius 1 is 1.38 bits per heavy atom. The van der Waals surface area contributed by atoms with Gasteiger partial charge in [-0.3, -0.25) is 4.79 Å². The average Bonchev–Trinajstić information content (AvgIpc) is 2.34. The topological polar surface area (TPSA) is 44.1 Å². The van der Waals surface area contributed by atoms with Gasteiger partial charge in [0, 0.05) is 13.0 Å². The van der Waals surface area contributed by atoms with Crippen molar-refractivity contribution >= 4 is 5.91 Å². The fourth-order valence-corrected chi connectivity index (χ4v) is 2.42. The minimum absolute atomic E-state index is 0.148. The lowest BCUT2D eigenvalue weighted by Crippen LogP contribution is -2.31. The van der Waals surface area contributed by atoms with Gasteiger partial charge in [0.05, 0.1) is 6.07 Å². The lowest BCUT2D eigenvalue weighted by molar-refractivity contribution is -0.130. The first kappa shape index (κ1) is 13.0. The van der Waals surface area contributed by atoms with Gasteiger partial charge in [-0.15, -0.1) is 0 Å². The van der Waals surface area contributed by atoms with Gasteiger partial charge >= 0.3 is 0 Å². The molecule has 0 saturated heterocycles. The number of rotatable bonds is 5. The molecule has 1 amide bonds. The fraction of sp³-hybridized carbons (Fsp3) is 0.846. The minimum Gasteiger partial charge on any atom is -0.330 e. The van der Waals surface area contributed by atoms with E-state index in [-0.39, 0.29) is 12.5 Å². The number of nitriles is 1. The van der Waals surface area contributed by atoms with Crippen molar-refractivity contribution in [1.29, 1.82) is 5.26 Å². The first-order valence-corrected chi connectivity index (χ1v) is 6.42. The summed E-state index contributed by atoms with van der Waals surface area (Å²) in [6.07, 6.45) is 8.24. The van der Waals surface area contributed by atoms with Crippen molar-refractivity contribution in [2.75, 3.05) is 13.1 Å². The predicted molar refractivity (Wildman–Crippen MR) is 63.7 cm³/mol. The van der Waals surface area contributed by atoms with Crippen LogP contribution in [0.4, 0.5) is 0 Å². The number of carbonyl (C=O) groups excluding carboxylic acids is 1. The van der Waals surface area contributed by atoms with Crippen LogP contribution in [0.15, 0.2) is 0 Å². The molecule has 0 spiro atoms. The summed E-state index contributed by atoms with van der Waals surface area (Å²) in [5, 5.41) is 8.59. The third-order valence-electron chi connectivity index (χ3n) is 3.49. The third-order valence-corrected chi connectivity index (χ3v) is 3.49. The Morgan fingerprint density at radius 3 is 2.62 bits per heavy atom. The van der Waals surface area contributed by atoms with Gasteiger partial charge in [0.15, 0.2) is 0 Å². The zero-order valence-corrected chi connectivity index (χ0v) is 10.2. The molecule has 0 radical (unpaired) electrons. The SMILES string of the molecule is CCN(CC#N)C(=O)CCC1CCCCC1. The molecule has 1 aliphatic carbocycles. The van der Waals surface area contributed by atoms with Crippen LogP contribution in [0.3, 0.4) is 0 Å². The van der Waals surface area contributed by atoms with E-state index in [4.69, 9.17) is 5.26 Å².